The van der Waals surface area contributed by atoms with Crippen LogP contribution in [0.5, 0.6) is 0 Å². The summed E-state index contributed by atoms with van der Waals surface area (Å²) in [6.45, 7) is 7.28. The lowest BCUT2D eigenvalue weighted by atomic mass is 10.0. The number of unbranched alkanes of at least 4 members (excludes halogenated alkanes) is 47. The first kappa shape index (κ1) is 92.1. The lowest BCUT2D eigenvalue weighted by Crippen LogP contribution is -2.30. The molecule has 0 aliphatic rings. The van der Waals surface area contributed by atoms with E-state index in [0.29, 0.717) is 25.7 Å². The smallest absolute Gasteiger partial charge is 0.462 e. The van der Waals surface area contributed by atoms with Crippen LogP contribution in [0, 0.1) is 5.92 Å². The third-order valence-corrected chi connectivity index (χ3v) is 19.4. The second-order valence-corrected chi connectivity index (χ2v) is 30.4. The van der Waals surface area contributed by atoms with Gasteiger partial charge >= 0.3 is 39.5 Å². The Morgan fingerprint density at radius 3 is 0.723 bits per heavy atom. The molecular formula is C75H146O17P2. The Bertz CT molecular complexity index is 1810. The molecule has 0 bridgehead atoms. The number of hydrogen-bond donors (Lipinski definition) is 3. The number of carbonyl (C=O) groups is 4. The molecule has 0 heterocycles. The second-order valence-electron chi connectivity index (χ2n) is 27.5. The maximum absolute atomic E-state index is 13.1. The van der Waals surface area contributed by atoms with Crippen molar-refractivity contribution in [3.8, 4) is 0 Å². The summed E-state index contributed by atoms with van der Waals surface area (Å²) >= 11 is 0. The van der Waals surface area contributed by atoms with Gasteiger partial charge in [0.1, 0.15) is 19.3 Å². The van der Waals surface area contributed by atoms with Gasteiger partial charge in [0.15, 0.2) is 12.2 Å². The van der Waals surface area contributed by atoms with Gasteiger partial charge in [-0.3, -0.25) is 37.3 Å². The van der Waals surface area contributed by atoms with Crippen molar-refractivity contribution in [2.75, 3.05) is 39.6 Å². The van der Waals surface area contributed by atoms with Crippen molar-refractivity contribution < 1.29 is 80.2 Å². The molecule has 0 rings (SSSR count). The molecule has 3 N–H and O–H groups in total. The van der Waals surface area contributed by atoms with E-state index < -0.39 is 97.5 Å². The van der Waals surface area contributed by atoms with E-state index in [2.05, 4.69) is 34.6 Å². The van der Waals surface area contributed by atoms with Crippen molar-refractivity contribution in [1.29, 1.82) is 0 Å². The van der Waals surface area contributed by atoms with Gasteiger partial charge in [-0.15, -0.1) is 0 Å². The minimum absolute atomic E-state index is 0.107. The van der Waals surface area contributed by atoms with E-state index in [0.717, 1.165) is 95.8 Å². The Morgan fingerprint density at radius 2 is 0.489 bits per heavy atom. The Kier molecular flexibility index (Phi) is 66.8. The second kappa shape index (κ2) is 68.2. The van der Waals surface area contributed by atoms with Gasteiger partial charge in [-0.05, 0) is 31.6 Å². The van der Waals surface area contributed by atoms with Crippen LogP contribution in [-0.4, -0.2) is 96.7 Å². The van der Waals surface area contributed by atoms with E-state index >= 15 is 0 Å². The Balaban J connectivity index is 5.21. The van der Waals surface area contributed by atoms with Crippen LogP contribution in [0.1, 0.15) is 394 Å². The lowest BCUT2D eigenvalue weighted by molar-refractivity contribution is -0.161. The number of carbonyl (C=O) groups excluding carboxylic acids is 4. The summed E-state index contributed by atoms with van der Waals surface area (Å²) in [7, 11) is -9.90. The van der Waals surface area contributed by atoms with Crippen LogP contribution < -0.4 is 0 Å². The SMILES string of the molecule is CCCCCCCCCCCCCCCCCCCCCC(=O)O[C@H](COC(=O)CCCCCCCCCCCCCCC(C)C)COP(=O)(O)OC[C@@H](O)COP(=O)(O)OC[C@@H](COC(=O)CCCCCCCCCCC)OC(=O)CCCCCCCCCCCCC. The average Bonchev–Trinajstić information content (AvgIpc) is 2.55. The van der Waals surface area contributed by atoms with Crippen LogP contribution in [0.15, 0.2) is 0 Å². The first-order valence-electron chi connectivity index (χ1n) is 39.1. The number of aliphatic hydroxyl groups is 1. The molecule has 0 aliphatic carbocycles. The number of phosphoric acid groups is 2. The number of aliphatic hydroxyl groups excluding tert-OH is 1. The Hall–Kier alpha value is -1.94. The topological polar surface area (TPSA) is 237 Å². The third kappa shape index (κ3) is 68.6. The molecule has 17 nitrogen and oxygen atoms in total. The van der Waals surface area contributed by atoms with Crippen LogP contribution in [-0.2, 0) is 65.4 Å². The zero-order valence-electron chi connectivity index (χ0n) is 61.1. The highest BCUT2D eigenvalue weighted by Crippen LogP contribution is 2.45. The molecule has 0 radical (unpaired) electrons. The summed E-state index contributed by atoms with van der Waals surface area (Å²) in [4.78, 5) is 72.7. The number of phosphoric ester groups is 2. The molecule has 5 atom stereocenters. The summed E-state index contributed by atoms with van der Waals surface area (Å²) in [6.07, 6.45) is 56.8. The largest absolute Gasteiger partial charge is 0.472 e. The maximum Gasteiger partial charge on any atom is 0.472 e. The molecule has 0 saturated heterocycles. The number of rotatable bonds is 75. The quantitative estimate of drug-likeness (QED) is 0.0222. The zero-order chi connectivity index (χ0) is 69.1. The van der Waals surface area contributed by atoms with Crippen LogP contribution >= 0.6 is 15.6 Å². The fourth-order valence-electron chi connectivity index (χ4n) is 11.5. The molecule has 2 unspecified atom stereocenters. The molecule has 0 aromatic carbocycles. The van der Waals surface area contributed by atoms with E-state index in [4.69, 9.17) is 37.0 Å². The standard InChI is InChI=1S/C75H146O17P2/c1-6-9-12-15-18-21-23-24-25-26-27-28-29-30-36-41-46-51-56-61-75(80)92-71(65-86-73(78)59-54-49-44-39-35-32-31-34-38-42-47-52-57-68(4)5)67-90-94(83,84)88-63-69(76)62-87-93(81,82)89-66-70(64-85-72(77)58-53-48-43-37-20-17-14-11-8-3)91-74(79)60-55-50-45-40-33-22-19-16-13-10-7-2/h68-71,76H,6-67H2,1-5H3,(H,81,82)(H,83,84)/t69-,70+,71+/m0/s1. The molecule has 0 fully saturated rings. The molecule has 0 amide bonds. The maximum atomic E-state index is 13.1. The number of esters is 4. The number of hydrogen-bond acceptors (Lipinski definition) is 15. The summed E-state index contributed by atoms with van der Waals surface area (Å²) in [5, 5.41) is 10.6. The highest BCUT2D eigenvalue weighted by molar-refractivity contribution is 7.47. The molecule has 0 aliphatic heterocycles. The van der Waals surface area contributed by atoms with Crippen molar-refractivity contribution in [1.82, 2.24) is 0 Å². The molecular weight excluding hydrogens is 1230 g/mol. The van der Waals surface area contributed by atoms with Gasteiger partial charge in [0.05, 0.1) is 26.4 Å². The van der Waals surface area contributed by atoms with E-state index in [9.17, 15) is 43.2 Å². The fraction of sp³-hybridized carbons (Fsp3) is 0.947. The van der Waals surface area contributed by atoms with Gasteiger partial charge in [-0.1, -0.05) is 343 Å². The highest BCUT2D eigenvalue weighted by atomic mass is 31.2. The van der Waals surface area contributed by atoms with E-state index in [1.165, 1.54) is 218 Å². The molecule has 94 heavy (non-hydrogen) atoms. The van der Waals surface area contributed by atoms with Crippen LogP contribution in [0.25, 0.3) is 0 Å². The van der Waals surface area contributed by atoms with Crippen LogP contribution in [0.2, 0.25) is 0 Å². The van der Waals surface area contributed by atoms with E-state index in [1.54, 1.807) is 0 Å². The van der Waals surface area contributed by atoms with Crippen LogP contribution in [0.4, 0.5) is 0 Å². The van der Waals surface area contributed by atoms with Gasteiger partial charge in [0.25, 0.3) is 0 Å². The minimum Gasteiger partial charge on any atom is -0.462 e. The van der Waals surface area contributed by atoms with Crippen molar-refractivity contribution in [2.24, 2.45) is 5.92 Å². The van der Waals surface area contributed by atoms with Crippen molar-refractivity contribution >= 4 is 39.5 Å². The predicted molar refractivity (Wildman–Crippen MR) is 382 cm³/mol. The Morgan fingerprint density at radius 1 is 0.287 bits per heavy atom. The van der Waals surface area contributed by atoms with Crippen LogP contribution in [0.3, 0.4) is 0 Å². The molecule has 19 heteroatoms. The summed E-state index contributed by atoms with van der Waals surface area (Å²) in [5.41, 5.74) is 0. The third-order valence-electron chi connectivity index (χ3n) is 17.5. The molecule has 0 aromatic heterocycles. The van der Waals surface area contributed by atoms with Gasteiger partial charge in [0, 0.05) is 25.7 Å². The van der Waals surface area contributed by atoms with E-state index in [1.807, 2.05) is 0 Å². The van der Waals surface area contributed by atoms with Crippen molar-refractivity contribution in [2.45, 2.75) is 412 Å². The summed E-state index contributed by atoms with van der Waals surface area (Å²) in [5.74, 6) is -1.33. The van der Waals surface area contributed by atoms with Gasteiger partial charge in [-0.25, -0.2) is 9.13 Å². The number of ether oxygens (including phenoxy) is 4. The normalized spacial score (nSPS) is 14.0. The first-order valence-corrected chi connectivity index (χ1v) is 42.1. The fourth-order valence-corrected chi connectivity index (χ4v) is 13.1. The Labute approximate surface area is 575 Å². The molecule has 0 aromatic rings. The molecule has 558 valence electrons. The van der Waals surface area contributed by atoms with Crippen molar-refractivity contribution in [3.05, 3.63) is 0 Å². The highest BCUT2D eigenvalue weighted by Gasteiger charge is 2.30. The zero-order valence-corrected chi connectivity index (χ0v) is 62.9. The lowest BCUT2D eigenvalue weighted by Gasteiger charge is -2.21. The van der Waals surface area contributed by atoms with Gasteiger partial charge in [0.2, 0.25) is 0 Å². The summed E-state index contributed by atoms with van der Waals surface area (Å²) < 4.78 is 68.4. The monoisotopic (exact) mass is 1380 g/mol. The first-order chi connectivity index (χ1) is 45.5. The van der Waals surface area contributed by atoms with Gasteiger partial charge in [-0.2, -0.15) is 0 Å². The minimum atomic E-state index is -4.96. The summed E-state index contributed by atoms with van der Waals surface area (Å²) in [6, 6.07) is 0. The predicted octanol–water partition coefficient (Wildman–Crippen LogP) is 22.1. The van der Waals surface area contributed by atoms with Gasteiger partial charge < -0.3 is 33.8 Å². The molecule has 0 spiro atoms. The van der Waals surface area contributed by atoms with Crippen molar-refractivity contribution in [3.63, 3.8) is 0 Å². The average molecular weight is 1380 g/mol. The molecule has 0 saturated carbocycles. The van der Waals surface area contributed by atoms with E-state index in [-0.39, 0.29) is 25.7 Å².